The Bertz CT molecular complexity index is 1150. The van der Waals surface area contributed by atoms with E-state index in [1.54, 1.807) is 6.07 Å². The average molecular weight is 469 g/mol. The maximum absolute atomic E-state index is 12.7. The number of nitrogens with one attached hydrogen (secondary N) is 1. The number of hydrogen-bond donors (Lipinski definition) is 1. The van der Waals surface area contributed by atoms with E-state index in [4.69, 9.17) is 11.6 Å². The van der Waals surface area contributed by atoms with Crippen LogP contribution in [0.3, 0.4) is 0 Å². The van der Waals surface area contributed by atoms with E-state index in [9.17, 15) is 14.4 Å². The molecule has 1 aromatic heterocycles. The van der Waals surface area contributed by atoms with Crippen LogP contribution in [-0.4, -0.2) is 39.6 Å². The van der Waals surface area contributed by atoms with Gasteiger partial charge in [-0.1, -0.05) is 36.1 Å². The van der Waals surface area contributed by atoms with E-state index in [2.05, 4.69) is 16.5 Å². The summed E-state index contributed by atoms with van der Waals surface area (Å²) in [7, 11) is 1.53. The van der Waals surface area contributed by atoms with Gasteiger partial charge in [0, 0.05) is 42.8 Å². The van der Waals surface area contributed by atoms with E-state index in [-0.39, 0.29) is 17.0 Å². The zero-order chi connectivity index (χ0) is 23.5. The molecule has 0 bridgehead atoms. The molecule has 2 aliphatic rings. The highest BCUT2D eigenvalue weighted by Crippen LogP contribution is 2.31. The Labute approximate surface area is 198 Å². The Hall–Kier alpha value is -2.93. The zero-order valence-corrected chi connectivity index (χ0v) is 19.8. The van der Waals surface area contributed by atoms with Gasteiger partial charge in [0.25, 0.3) is 11.5 Å². The first-order valence-electron chi connectivity index (χ1n) is 11.4. The average Bonchev–Trinajstić information content (AvgIpc) is 3.34. The topological polar surface area (TPSA) is 84.3 Å². The van der Waals surface area contributed by atoms with Crippen LogP contribution < -0.4 is 10.9 Å². The first kappa shape index (κ1) is 23.2. The maximum atomic E-state index is 12.7. The fourth-order valence-electron chi connectivity index (χ4n) is 4.58. The van der Waals surface area contributed by atoms with Crippen molar-refractivity contribution in [3.8, 4) is 0 Å². The van der Waals surface area contributed by atoms with Crippen molar-refractivity contribution in [1.82, 2.24) is 14.7 Å². The van der Waals surface area contributed by atoms with E-state index in [0.717, 1.165) is 49.9 Å². The van der Waals surface area contributed by atoms with Gasteiger partial charge in [0.1, 0.15) is 0 Å². The normalized spacial score (nSPS) is 16.7. The first-order chi connectivity index (χ1) is 15.8. The molecule has 2 aromatic rings. The Morgan fingerprint density at radius 3 is 2.52 bits per heavy atom. The summed E-state index contributed by atoms with van der Waals surface area (Å²) in [5.41, 5.74) is 3.52. The standard InChI is InChI=1S/C25H29ClN4O3/c1-16-19(11-17-7-9-30(10-8-17)25(33)18-5-3-4-6-18)12-21(26)14-22(16)28-24(32)20-13-23(31)29(2)27-15-20/h11-15,18H,3-10H2,1-2H3,(H,28,32). The number of halogens is 1. The van der Waals surface area contributed by atoms with E-state index in [0.29, 0.717) is 16.6 Å². The zero-order valence-electron chi connectivity index (χ0n) is 19.1. The number of aromatic nitrogens is 2. The second-order valence-electron chi connectivity index (χ2n) is 8.94. The van der Waals surface area contributed by atoms with Crippen molar-refractivity contribution in [2.75, 3.05) is 18.4 Å². The van der Waals surface area contributed by atoms with Crippen molar-refractivity contribution >= 4 is 35.2 Å². The largest absolute Gasteiger partial charge is 0.342 e. The van der Waals surface area contributed by atoms with Gasteiger partial charge in [-0.25, -0.2) is 4.68 Å². The number of rotatable bonds is 4. The molecule has 4 rings (SSSR count). The number of likely N-dealkylation sites (tertiary alicyclic amines) is 1. The number of anilines is 1. The molecule has 2 amide bonds. The molecule has 1 saturated carbocycles. The minimum atomic E-state index is -0.414. The van der Waals surface area contributed by atoms with Crippen LogP contribution in [0.25, 0.3) is 6.08 Å². The van der Waals surface area contributed by atoms with Gasteiger partial charge in [-0.05, 0) is 55.9 Å². The van der Waals surface area contributed by atoms with Gasteiger partial charge in [-0.15, -0.1) is 0 Å². The van der Waals surface area contributed by atoms with E-state index in [1.807, 2.05) is 17.9 Å². The third-order valence-corrected chi connectivity index (χ3v) is 6.89. The van der Waals surface area contributed by atoms with Crippen molar-refractivity contribution in [2.24, 2.45) is 13.0 Å². The highest BCUT2D eigenvalue weighted by atomic mass is 35.5. The third kappa shape index (κ3) is 5.36. The van der Waals surface area contributed by atoms with Gasteiger partial charge >= 0.3 is 0 Å². The second kappa shape index (κ2) is 9.91. The van der Waals surface area contributed by atoms with Crippen LogP contribution in [0, 0.1) is 12.8 Å². The minimum Gasteiger partial charge on any atom is -0.342 e. The molecule has 1 saturated heterocycles. The molecule has 33 heavy (non-hydrogen) atoms. The van der Waals surface area contributed by atoms with Crippen LogP contribution in [0.1, 0.15) is 60.0 Å². The Kier molecular flexibility index (Phi) is 6.98. The Morgan fingerprint density at radius 1 is 1.15 bits per heavy atom. The highest BCUT2D eigenvalue weighted by molar-refractivity contribution is 6.31. The lowest BCUT2D eigenvalue weighted by Crippen LogP contribution is -2.39. The molecule has 0 spiro atoms. The number of aryl methyl sites for hydroxylation is 1. The van der Waals surface area contributed by atoms with Crippen molar-refractivity contribution in [3.63, 3.8) is 0 Å². The summed E-state index contributed by atoms with van der Waals surface area (Å²) in [6.45, 7) is 3.43. The molecular weight excluding hydrogens is 440 g/mol. The van der Waals surface area contributed by atoms with Crippen LogP contribution >= 0.6 is 11.6 Å². The lowest BCUT2D eigenvalue weighted by molar-refractivity contribution is -0.135. The minimum absolute atomic E-state index is 0.191. The van der Waals surface area contributed by atoms with Crippen molar-refractivity contribution in [3.05, 3.63) is 62.0 Å². The molecule has 174 valence electrons. The predicted octanol–water partition coefficient (Wildman–Crippen LogP) is 4.19. The number of amides is 2. The van der Waals surface area contributed by atoms with Gasteiger partial charge in [0.15, 0.2) is 0 Å². The second-order valence-corrected chi connectivity index (χ2v) is 9.37. The molecule has 0 radical (unpaired) electrons. The molecule has 1 aromatic carbocycles. The monoisotopic (exact) mass is 468 g/mol. The van der Waals surface area contributed by atoms with Crippen molar-refractivity contribution in [2.45, 2.75) is 45.4 Å². The van der Waals surface area contributed by atoms with Crippen LogP contribution in [-0.2, 0) is 11.8 Å². The number of carbonyl (C=O) groups is 2. The van der Waals surface area contributed by atoms with Crippen LogP contribution in [0.2, 0.25) is 5.02 Å². The van der Waals surface area contributed by atoms with Gasteiger partial charge in [0.05, 0.1) is 11.8 Å². The lowest BCUT2D eigenvalue weighted by Gasteiger charge is -2.30. The summed E-state index contributed by atoms with van der Waals surface area (Å²) < 4.78 is 1.17. The summed E-state index contributed by atoms with van der Waals surface area (Å²) >= 11 is 6.35. The molecule has 2 fully saturated rings. The smallest absolute Gasteiger partial charge is 0.267 e. The Balaban J connectivity index is 1.47. The van der Waals surface area contributed by atoms with E-state index < -0.39 is 5.91 Å². The predicted molar refractivity (Wildman–Crippen MR) is 129 cm³/mol. The number of carbonyl (C=O) groups excluding carboxylic acids is 2. The first-order valence-corrected chi connectivity index (χ1v) is 11.8. The molecular formula is C25H29ClN4O3. The van der Waals surface area contributed by atoms with Crippen LogP contribution in [0.5, 0.6) is 0 Å². The number of hydrogen-bond acceptors (Lipinski definition) is 4. The molecule has 0 atom stereocenters. The Morgan fingerprint density at radius 2 is 1.85 bits per heavy atom. The molecule has 1 N–H and O–H groups in total. The summed E-state index contributed by atoms with van der Waals surface area (Å²) in [5, 5.41) is 7.26. The number of benzene rings is 1. The summed E-state index contributed by atoms with van der Waals surface area (Å²) in [4.78, 5) is 39.2. The molecule has 2 heterocycles. The molecule has 8 heteroatoms. The van der Waals surface area contributed by atoms with Gasteiger partial charge in [0.2, 0.25) is 5.91 Å². The van der Waals surface area contributed by atoms with Gasteiger partial charge < -0.3 is 10.2 Å². The number of nitrogens with zero attached hydrogens (tertiary/aromatic N) is 3. The molecule has 7 nitrogen and oxygen atoms in total. The molecule has 1 aliphatic carbocycles. The van der Waals surface area contributed by atoms with Crippen LogP contribution in [0.15, 0.2) is 34.8 Å². The van der Waals surface area contributed by atoms with E-state index >= 15 is 0 Å². The quantitative estimate of drug-likeness (QED) is 0.729. The fraction of sp³-hybridized carbons (Fsp3) is 0.440. The SMILES string of the molecule is Cc1c(C=C2CCN(C(=O)C3CCCC3)CC2)cc(Cl)cc1NC(=O)c1cnn(C)c(=O)c1. The highest BCUT2D eigenvalue weighted by Gasteiger charge is 2.28. The van der Waals surface area contributed by atoms with Gasteiger partial charge in [-0.3, -0.25) is 14.4 Å². The lowest BCUT2D eigenvalue weighted by atomic mass is 9.96. The molecule has 0 unspecified atom stereocenters. The summed E-state index contributed by atoms with van der Waals surface area (Å²) in [6.07, 6.45) is 9.55. The van der Waals surface area contributed by atoms with Crippen LogP contribution in [0.4, 0.5) is 5.69 Å². The van der Waals surface area contributed by atoms with Gasteiger partial charge in [-0.2, -0.15) is 5.10 Å². The molecule has 1 aliphatic heterocycles. The maximum Gasteiger partial charge on any atom is 0.267 e. The van der Waals surface area contributed by atoms with E-state index in [1.165, 1.54) is 42.4 Å². The summed E-state index contributed by atoms with van der Waals surface area (Å²) in [6, 6.07) is 4.84. The van der Waals surface area contributed by atoms with Crippen molar-refractivity contribution in [1.29, 1.82) is 0 Å². The van der Waals surface area contributed by atoms with Crippen molar-refractivity contribution < 1.29 is 9.59 Å². The summed E-state index contributed by atoms with van der Waals surface area (Å²) in [5.74, 6) is 0.125. The third-order valence-electron chi connectivity index (χ3n) is 6.67. The number of piperidine rings is 1. The fourth-order valence-corrected chi connectivity index (χ4v) is 4.80.